The summed E-state index contributed by atoms with van der Waals surface area (Å²) in [6, 6.07) is 0. The van der Waals surface area contributed by atoms with Crippen LogP contribution in [-0.2, 0) is 14.3 Å². The van der Waals surface area contributed by atoms with Gasteiger partial charge in [0, 0.05) is 13.0 Å². The molecule has 0 saturated carbocycles. The molecule has 0 aromatic rings. The van der Waals surface area contributed by atoms with E-state index >= 15 is 0 Å². The van der Waals surface area contributed by atoms with Crippen LogP contribution in [0.3, 0.4) is 0 Å². The fraction of sp³-hybridized carbons (Fsp3) is 0.595. The van der Waals surface area contributed by atoms with Gasteiger partial charge in [0.2, 0.25) is 0 Å². The largest absolute Gasteiger partial charge is 0.457 e. The van der Waals surface area contributed by atoms with Crippen LogP contribution in [0.4, 0.5) is 0 Å². The molecule has 1 N–H and O–H groups in total. The summed E-state index contributed by atoms with van der Waals surface area (Å²) < 4.78 is 11.0. The zero-order chi connectivity index (χ0) is 29.9. The van der Waals surface area contributed by atoms with Gasteiger partial charge in [-0.05, 0) is 77.0 Å². The van der Waals surface area contributed by atoms with E-state index in [4.69, 9.17) is 9.47 Å². The molecule has 0 aromatic heterocycles. The summed E-state index contributed by atoms with van der Waals surface area (Å²) in [5, 5.41) is 9.51. The van der Waals surface area contributed by atoms with E-state index in [1.54, 1.807) is 0 Å². The molecule has 0 heterocycles. The first kappa shape index (κ1) is 38.6. The summed E-state index contributed by atoms with van der Waals surface area (Å²) >= 11 is 0. The van der Waals surface area contributed by atoms with E-state index in [0.29, 0.717) is 13.0 Å². The second-order valence-electron chi connectivity index (χ2n) is 10.1. The van der Waals surface area contributed by atoms with Gasteiger partial charge >= 0.3 is 5.97 Å². The van der Waals surface area contributed by atoms with E-state index in [0.717, 1.165) is 83.5 Å². The highest BCUT2D eigenvalue weighted by Gasteiger charge is 2.13. The van der Waals surface area contributed by atoms with Crippen molar-refractivity contribution >= 4 is 5.97 Å². The lowest BCUT2D eigenvalue weighted by molar-refractivity contribution is -0.154. The molecule has 0 rings (SSSR count). The third-order valence-corrected chi connectivity index (χ3v) is 6.22. The molecule has 0 aliphatic carbocycles. The molecule has 41 heavy (non-hydrogen) atoms. The highest BCUT2D eigenvalue weighted by Crippen LogP contribution is 2.09. The van der Waals surface area contributed by atoms with Gasteiger partial charge in [0.1, 0.15) is 6.10 Å². The van der Waals surface area contributed by atoms with Crippen molar-refractivity contribution in [2.75, 3.05) is 19.8 Å². The number of aliphatic hydroxyl groups is 1. The summed E-state index contributed by atoms with van der Waals surface area (Å²) in [5.74, 6) is -0.242. The average Bonchev–Trinajstić information content (AvgIpc) is 2.98. The van der Waals surface area contributed by atoms with Crippen molar-refractivity contribution in [1.29, 1.82) is 0 Å². The number of rotatable bonds is 28. The Kier molecular flexibility index (Phi) is 31.8. The summed E-state index contributed by atoms with van der Waals surface area (Å²) in [6.07, 6.45) is 46.2. The Balaban J connectivity index is 3.63. The number of carbonyl (C=O) groups excluding carboxylic acids is 1. The Labute approximate surface area is 252 Å². The van der Waals surface area contributed by atoms with Gasteiger partial charge in [-0.2, -0.15) is 0 Å². The van der Waals surface area contributed by atoms with Crippen molar-refractivity contribution < 1.29 is 19.4 Å². The maximum absolute atomic E-state index is 12.1. The molecule has 0 aliphatic heterocycles. The third-order valence-electron chi connectivity index (χ3n) is 6.22. The van der Waals surface area contributed by atoms with Gasteiger partial charge in [0.15, 0.2) is 0 Å². The molecule has 4 heteroatoms. The van der Waals surface area contributed by atoms with Gasteiger partial charge in [-0.3, -0.25) is 4.79 Å². The van der Waals surface area contributed by atoms with Crippen LogP contribution in [0.5, 0.6) is 0 Å². The lowest BCUT2D eigenvalue weighted by Gasteiger charge is -2.15. The summed E-state index contributed by atoms with van der Waals surface area (Å²) in [6.45, 7) is 4.93. The zero-order valence-electron chi connectivity index (χ0n) is 26.3. The molecule has 0 radical (unpaired) electrons. The van der Waals surface area contributed by atoms with Crippen LogP contribution in [0.2, 0.25) is 0 Å². The van der Waals surface area contributed by atoms with Crippen molar-refractivity contribution in [3.8, 4) is 0 Å². The number of allylic oxidation sites excluding steroid dienone is 14. The Hall–Kier alpha value is -2.43. The zero-order valence-corrected chi connectivity index (χ0v) is 26.3. The van der Waals surface area contributed by atoms with Gasteiger partial charge < -0.3 is 14.6 Å². The molecule has 232 valence electrons. The molecule has 1 unspecified atom stereocenters. The molecule has 0 spiro atoms. The molecule has 0 aromatic carbocycles. The molecule has 0 fully saturated rings. The van der Waals surface area contributed by atoms with Gasteiger partial charge in [0.05, 0.1) is 13.2 Å². The van der Waals surface area contributed by atoms with Gasteiger partial charge in [-0.1, -0.05) is 118 Å². The Bertz CT molecular complexity index is 770. The molecule has 4 nitrogen and oxygen atoms in total. The molecule has 0 saturated heterocycles. The van der Waals surface area contributed by atoms with Crippen molar-refractivity contribution in [2.45, 2.75) is 123 Å². The fourth-order valence-corrected chi connectivity index (χ4v) is 3.87. The normalized spacial score (nSPS) is 13.5. The number of hydrogen-bond acceptors (Lipinski definition) is 4. The number of hydrogen-bond donors (Lipinski definition) is 1. The summed E-state index contributed by atoms with van der Waals surface area (Å²) in [5.41, 5.74) is 0. The van der Waals surface area contributed by atoms with Crippen molar-refractivity contribution in [2.24, 2.45) is 0 Å². The topological polar surface area (TPSA) is 55.8 Å². The standard InChI is InChI=1S/C37H60O4/c1-3-5-7-9-11-13-15-17-19-20-22-24-26-28-30-32-37(39)41-36(34-38)35-40-33-31-29-27-25-23-21-18-16-14-12-10-8-6-4-2/h5-8,11-14,17-19,21,25,27,36,38H,3-4,9-10,15-16,20,22-24,26,28-35H2,1-2H3/b7-5-,8-6-,13-11-,14-12-,19-17-,21-18-,27-25-. The van der Waals surface area contributed by atoms with E-state index in [-0.39, 0.29) is 19.2 Å². The smallest absolute Gasteiger partial charge is 0.306 e. The Morgan fingerprint density at radius 2 is 1.02 bits per heavy atom. The fourth-order valence-electron chi connectivity index (χ4n) is 3.87. The third kappa shape index (κ3) is 32.0. The van der Waals surface area contributed by atoms with Crippen LogP contribution in [0.25, 0.3) is 0 Å². The predicted molar refractivity (Wildman–Crippen MR) is 177 cm³/mol. The maximum Gasteiger partial charge on any atom is 0.306 e. The van der Waals surface area contributed by atoms with Crippen molar-refractivity contribution in [3.05, 3.63) is 85.1 Å². The van der Waals surface area contributed by atoms with E-state index in [1.807, 2.05) is 0 Å². The van der Waals surface area contributed by atoms with Crippen molar-refractivity contribution in [3.63, 3.8) is 0 Å². The minimum absolute atomic E-state index is 0.207. The molecule has 0 aliphatic rings. The van der Waals surface area contributed by atoms with Gasteiger partial charge in [-0.15, -0.1) is 0 Å². The monoisotopic (exact) mass is 568 g/mol. The van der Waals surface area contributed by atoms with E-state index < -0.39 is 6.10 Å². The van der Waals surface area contributed by atoms with Crippen LogP contribution in [0, 0.1) is 0 Å². The van der Waals surface area contributed by atoms with Crippen LogP contribution in [0.1, 0.15) is 117 Å². The van der Waals surface area contributed by atoms with E-state index in [9.17, 15) is 9.90 Å². The summed E-state index contributed by atoms with van der Waals surface area (Å²) in [4.78, 5) is 12.1. The molecular formula is C37H60O4. The van der Waals surface area contributed by atoms with Crippen LogP contribution in [-0.4, -0.2) is 37.0 Å². The lowest BCUT2D eigenvalue weighted by Crippen LogP contribution is -2.27. The number of carbonyl (C=O) groups is 1. The quantitative estimate of drug-likeness (QED) is 0.0579. The first-order chi connectivity index (χ1) is 20.2. The lowest BCUT2D eigenvalue weighted by atomic mass is 10.1. The molecule has 0 bridgehead atoms. The van der Waals surface area contributed by atoms with Crippen LogP contribution >= 0.6 is 0 Å². The molecule has 0 amide bonds. The minimum Gasteiger partial charge on any atom is -0.457 e. The first-order valence-corrected chi connectivity index (χ1v) is 16.2. The van der Waals surface area contributed by atoms with Crippen LogP contribution in [0.15, 0.2) is 85.1 Å². The minimum atomic E-state index is -0.575. The van der Waals surface area contributed by atoms with Gasteiger partial charge in [-0.25, -0.2) is 0 Å². The molecule has 1 atom stereocenters. The number of esters is 1. The van der Waals surface area contributed by atoms with Crippen molar-refractivity contribution in [1.82, 2.24) is 0 Å². The second kappa shape index (κ2) is 33.8. The highest BCUT2D eigenvalue weighted by atomic mass is 16.6. The highest BCUT2D eigenvalue weighted by molar-refractivity contribution is 5.69. The average molecular weight is 569 g/mol. The SMILES string of the molecule is CC/C=C\C/C=C\C/C=C\C/C=C\CCCOCC(CO)OC(=O)CCCCCCC/C=C\C/C=C\C/C=C\CC. The van der Waals surface area contributed by atoms with Crippen LogP contribution < -0.4 is 0 Å². The Morgan fingerprint density at radius 1 is 0.585 bits per heavy atom. The second-order valence-corrected chi connectivity index (χ2v) is 10.1. The predicted octanol–water partition coefficient (Wildman–Crippen LogP) is 10.1. The number of aliphatic hydroxyl groups excluding tert-OH is 1. The first-order valence-electron chi connectivity index (χ1n) is 16.2. The number of unbranched alkanes of at least 4 members (excludes halogenated alkanes) is 6. The Morgan fingerprint density at radius 3 is 1.54 bits per heavy atom. The van der Waals surface area contributed by atoms with E-state index in [1.165, 1.54) is 12.8 Å². The van der Waals surface area contributed by atoms with Gasteiger partial charge in [0.25, 0.3) is 0 Å². The molecular weight excluding hydrogens is 508 g/mol. The summed E-state index contributed by atoms with van der Waals surface area (Å²) in [7, 11) is 0. The maximum atomic E-state index is 12.1. The number of ether oxygens (including phenoxy) is 2. The van der Waals surface area contributed by atoms with E-state index in [2.05, 4.69) is 98.9 Å².